The smallest absolute Gasteiger partial charge is 0.270 e. The van der Waals surface area contributed by atoms with Crippen molar-refractivity contribution in [2.75, 3.05) is 19.6 Å². The number of non-ortho nitro benzene ring substituents is 1. The SMILES string of the molecule is O=[N+]([O-])c1ccc(CCCNCCNS(=O)(=O)c2cc(-c3ccccc3)cc3cnccc23)c(Cl)c1. The first-order chi connectivity index (χ1) is 17.3. The molecule has 10 heteroatoms. The predicted octanol–water partition coefficient (Wildman–Crippen LogP) is 4.96. The Kier molecular flexibility index (Phi) is 8.27. The average molecular weight is 525 g/mol. The molecule has 0 saturated heterocycles. The first-order valence-electron chi connectivity index (χ1n) is 11.4. The maximum Gasteiger partial charge on any atom is 0.270 e. The molecule has 0 aliphatic rings. The van der Waals surface area contributed by atoms with Gasteiger partial charge in [0.05, 0.1) is 14.8 Å². The van der Waals surface area contributed by atoms with E-state index in [0.29, 0.717) is 29.9 Å². The molecule has 0 spiro atoms. The minimum Gasteiger partial charge on any atom is -0.315 e. The first kappa shape index (κ1) is 25.7. The normalized spacial score (nSPS) is 11.6. The molecule has 4 aromatic rings. The van der Waals surface area contributed by atoms with Crippen LogP contribution < -0.4 is 10.0 Å². The molecule has 0 fully saturated rings. The van der Waals surface area contributed by atoms with Crippen LogP contribution in [0.1, 0.15) is 12.0 Å². The summed E-state index contributed by atoms with van der Waals surface area (Å²) in [6.45, 7) is 1.32. The monoisotopic (exact) mass is 524 g/mol. The summed E-state index contributed by atoms with van der Waals surface area (Å²) in [6.07, 6.45) is 4.66. The van der Waals surface area contributed by atoms with E-state index in [1.807, 2.05) is 36.4 Å². The average Bonchev–Trinajstić information content (AvgIpc) is 2.88. The van der Waals surface area contributed by atoms with E-state index in [9.17, 15) is 18.5 Å². The van der Waals surface area contributed by atoms with Gasteiger partial charge in [0.25, 0.3) is 5.69 Å². The second-order valence-electron chi connectivity index (χ2n) is 8.22. The lowest BCUT2D eigenvalue weighted by molar-refractivity contribution is -0.384. The van der Waals surface area contributed by atoms with E-state index in [4.69, 9.17) is 11.6 Å². The van der Waals surface area contributed by atoms with Crippen molar-refractivity contribution in [1.82, 2.24) is 15.0 Å². The van der Waals surface area contributed by atoms with Crippen LogP contribution in [-0.2, 0) is 16.4 Å². The Hall–Kier alpha value is -3.37. The van der Waals surface area contributed by atoms with Crippen molar-refractivity contribution in [3.63, 3.8) is 0 Å². The van der Waals surface area contributed by atoms with Gasteiger partial charge in [-0.15, -0.1) is 0 Å². The molecule has 0 unspecified atom stereocenters. The number of halogens is 1. The second kappa shape index (κ2) is 11.6. The fourth-order valence-corrected chi connectivity index (χ4v) is 5.48. The van der Waals surface area contributed by atoms with E-state index in [0.717, 1.165) is 28.5 Å². The summed E-state index contributed by atoms with van der Waals surface area (Å²) in [5.41, 5.74) is 2.53. The van der Waals surface area contributed by atoms with Crippen LogP contribution in [0.25, 0.3) is 21.9 Å². The van der Waals surface area contributed by atoms with E-state index >= 15 is 0 Å². The number of aryl methyl sites for hydroxylation is 1. The number of fused-ring (bicyclic) bond motifs is 1. The lowest BCUT2D eigenvalue weighted by Gasteiger charge is -2.13. The Balaban J connectivity index is 1.34. The van der Waals surface area contributed by atoms with E-state index in [-0.39, 0.29) is 17.1 Å². The minimum absolute atomic E-state index is 0.0347. The second-order valence-corrected chi connectivity index (χ2v) is 10.4. The molecule has 36 heavy (non-hydrogen) atoms. The van der Waals surface area contributed by atoms with Gasteiger partial charge in [0.1, 0.15) is 0 Å². The van der Waals surface area contributed by atoms with Crippen LogP contribution in [0.3, 0.4) is 0 Å². The van der Waals surface area contributed by atoms with Crippen LogP contribution in [0.2, 0.25) is 5.02 Å². The third-order valence-corrected chi connectivity index (χ3v) is 7.61. The molecule has 0 aliphatic carbocycles. The fraction of sp³-hybridized carbons (Fsp3) is 0.192. The van der Waals surface area contributed by atoms with Gasteiger partial charge in [-0.2, -0.15) is 0 Å². The third kappa shape index (κ3) is 6.24. The number of nitrogens with zero attached hydrogens (tertiary/aromatic N) is 2. The van der Waals surface area contributed by atoms with Crippen molar-refractivity contribution in [1.29, 1.82) is 0 Å². The maximum atomic E-state index is 13.2. The Bertz CT molecular complexity index is 1480. The number of aromatic nitrogens is 1. The molecule has 0 atom stereocenters. The number of benzene rings is 3. The van der Waals surface area contributed by atoms with Crippen LogP contribution in [0.15, 0.2) is 84.0 Å². The third-order valence-electron chi connectivity index (χ3n) is 5.75. The molecule has 4 rings (SSSR count). The topological polar surface area (TPSA) is 114 Å². The van der Waals surface area contributed by atoms with Gasteiger partial charge < -0.3 is 5.32 Å². The number of hydrogen-bond donors (Lipinski definition) is 2. The Morgan fingerprint density at radius 1 is 0.944 bits per heavy atom. The highest BCUT2D eigenvalue weighted by Crippen LogP contribution is 2.30. The summed E-state index contributed by atoms with van der Waals surface area (Å²) in [5.74, 6) is 0. The number of hydrogen-bond acceptors (Lipinski definition) is 6. The molecule has 0 saturated carbocycles. The number of nitrogens with one attached hydrogen (secondary N) is 2. The van der Waals surface area contributed by atoms with Crippen molar-refractivity contribution >= 4 is 38.1 Å². The van der Waals surface area contributed by atoms with Crippen LogP contribution >= 0.6 is 11.6 Å². The molecule has 0 bridgehead atoms. The molecule has 186 valence electrons. The molecule has 0 radical (unpaired) electrons. The quantitative estimate of drug-likeness (QED) is 0.163. The molecule has 2 N–H and O–H groups in total. The van der Waals surface area contributed by atoms with Gasteiger partial charge in [-0.05, 0) is 54.3 Å². The van der Waals surface area contributed by atoms with Crippen LogP contribution in [0, 0.1) is 10.1 Å². The first-order valence-corrected chi connectivity index (χ1v) is 13.3. The van der Waals surface area contributed by atoms with E-state index < -0.39 is 14.9 Å². The summed E-state index contributed by atoms with van der Waals surface area (Å²) < 4.78 is 29.1. The van der Waals surface area contributed by atoms with Gasteiger partial charge in [-0.25, -0.2) is 13.1 Å². The zero-order valence-corrected chi connectivity index (χ0v) is 20.9. The predicted molar refractivity (Wildman–Crippen MR) is 142 cm³/mol. The highest BCUT2D eigenvalue weighted by Gasteiger charge is 2.19. The minimum atomic E-state index is -3.76. The van der Waals surface area contributed by atoms with E-state index in [2.05, 4.69) is 15.0 Å². The van der Waals surface area contributed by atoms with E-state index in [1.165, 1.54) is 12.1 Å². The van der Waals surface area contributed by atoms with E-state index in [1.54, 1.807) is 30.6 Å². The molecule has 0 amide bonds. The van der Waals surface area contributed by atoms with Crippen molar-refractivity contribution in [2.45, 2.75) is 17.7 Å². The number of nitro benzene ring substituents is 1. The van der Waals surface area contributed by atoms with Gasteiger partial charge in [0.2, 0.25) is 10.0 Å². The molecule has 0 aliphatic heterocycles. The summed E-state index contributed by atoms with van der Waals surface area (Å²) in [7, 11) is -3.76. The molecule has 3 aromatic carbocycles. The number of sulfonamides is 1. The summed E-state index contributed by atoms with van der Waals surface area (Å²) in [6, 6.07) is 19.4. The Morgan fingerprint density at radius 2 is 1.75 bits per heavy atom. The molecule has 8 nitrogen and oxygen atoms in total. The summed E-state index contributed by atoms with van der Waals surface area (Å²) in [5, 5.41) is 15.8. The highest BCUT2D eigenvalue weighted by atomic mass is 35.5. The molecule has 1 heterocycles. The van der Waals surface area contributed by atoms with Crippen molar-refractivity contribution in [2.24, 2.45) is 0 Å². The Morgan fingerprint density at radius 3 is 2.50 bits per heavy atom. The Labute approximate surface area is 214 Å². The van der Waals surface area contributed by atoms with Gasteiger partial charge in [-0.3, -0.25) is 15.1 Å². The van der Waals surface area contributed by atoms with Crippen LogP contribution in [0.4, 0.5) is 5.69 Å². The number of pyridine rings is 1. The largest absolute Gasteiger partial charge is 0.315 e. The van der Waals surface area contributed by atoms with Crippen molar-refractivity contribution in [3.8, 4) is 11.1 Å². The van der Waals surface area contributed by atoms with Gasteiger partial charge in [0.15, 0.2) is 0 Å². The molecular weight excluding hydrogens is 500 g/mol. The summed E-state index contributed by atoms with van der Waals surface area (Å²) in [4.78, 5) is 14.7. The summed E-state index contributed by atoms with van der Waals surface area (Å²) >= 11 is 6.13. The fourth-order valence-electron chi connectivity index (χ4n) is 3.93. The molecule has 1 aromatic heterocycles. The lowest BCUT2D eigenvalue weighted by atomic mass is 10.0. The zero-order valence-electron chi connectivity index (χ0n) is 19.4. The zero-order chi connectivity index (χ0) is 25.5. The lowest BCUT2D eigenvalue weighted by Crippen LogP contribution is -2.32. The number of nitro groups is 1. The van der Waals surface area contributed by atoms with Crippen molar-refractivity contribution in [3.05, 3.63) is 99.8 Å². The maximum absolute atomic E-state index is 13.2. The van der Waals surface area contributed by atoms with Crippen LogP contribution in [0.5, 0.6) is 0 Å². The van der Waals surface area contributed by atoms with Gasteiger partial charge >= 0.3 is 0 Å². The van der Waals surface area contributed by atoms with Gasteiger partial charge in [-0.1, -0.05) is 48.0 Å². The number of rotatable bonds is 11. The molecular formula is C26H25ClN4O4S. The van der Waals surface area contributed by atoms with Crippen LogP contribution in [-0.4, -0.2) is 38.0 Å². The highest BCUT2D eigenvalue weighted by molar-refractivity contribution is 7.89. The van der Waals surface area contributed by atoms with Gasteiger partial charge in [0, 0.05) is 48.4 Å². The standard InChI is InChI=1S/C26H25ClN4O4S/c27-25-17-23(31(32)33)9-8-20(25)7-4-11-28-13-14-30-36(34,35)26-16-21(19-5-2-1-3-6-19)15-22-18-29-12-10-24(22)26/h1-3,5-6,8-10,12,15-18,28,30H,4,7,11,13-14H2. The van der Waals surface area contributed by atoms with Crippen molar-refractivity contribution < 1.29 is 13.3 Å².